The molecule has 1 N–H and O–H groups in total. The average Bonchev–Trinajstić information content (AvgIpc) is 2.95. The molecule has 26 heavy (non-hydrogen) atoms. The summed E-state index contributed by atoms with van der Waals surface area (Å²) in [6.45, 7) is 3.50. The van der Waals surface area contributed by atoms with Gasteiger partial charge < -0.3 is 0 Å². The van der Waals surface area contributed by atoms with Crippen LogP contribution in [0, 0.1) is 24.0 Å². The number of hydrogen-bond acceptors (Lipinski definition) is 5. The van der Waals surface area contributed by atoms with Gasteiger partial charge in [-0.2, -0.15) is 0 Å². The minimum absolute atomic E-state index is 0.0801. The average molecular weight is 432 g/mol. The maximum Gasteiger partial charge on any atom is 0.273 e. The fourth-order valence-corrected chi connectivity index (χ4v) is 3.65. The van der Waals surface area contributed by atoms with E-state index in [1.54, 1.807) is 13.0 Å². The highest BCUT2D eigenvalue weighted by Gasteiger charge is 2.19. The topological polar surface area (TPSA) is 85.1 Å². The Hall–Kier alpha value is -2.58. The number of anilines is 1. The molecule has 1 amide bonds. The Morgan fingerprint density at radius 3 is 2.54 bits per heavy atom. The van der Waals surface area contributed by atoms with E-state index < -0.39 is 10.8 Å². The van der Waals surface area contributed by atoms with Crippen LogP contribution in [-0.4, -0.2) is 15.8 Å². The summed E-state index contributed by atoms with van der Waals surface area (Å²) >= 11 is 4.76. The van der Waals surface area contributed by atoms with Gasteiger partial charge >= 0.3 is 0 Å². The standard InChI is InChI=1S/C18H14BrN3O3S/c1-10-14(4-3-5-15(10)22(24)25)17(23)21-18-20-16(11(2)26-18)12-6-8-13(19)9-7-12/h3-9H,1-2H3,(H,20,21,23). The molecule has 0 saturated heterocycles. The number of thiazole rings is 1. The predicted molar refractivity (Wildman–Crippen MR) is 106 cm³/mol. The smallest absolute Gasteiger partial charge is 0.273 e. The van der Waals surface area contributed by atoms with Crippen LogP contribution >= 0.6 is 27.3 Å². The van der Waals surface area contributed by atoms with Crippen molar-refractivity contribution in [2.75, 3.05) is 5.32 Å². The van der Waals surface area contributed by atoms with E-state index in [4.69, 9.17) is 0 Å². The van der Waals surface area contributed by atoms with E-state index in [0.717, 1.165) is 20.6 Å². The van der Waals surface area contributed by atoms with Crippen molar-refractivity contribution in [1.29, 1.82) is 0 Å². The molecule has 0 bridgehead atoms. The van der Waals surface area contributed by atoms with Gasteiger partial charge in [-0.15, -0.1) is 11.3 Å². The normalized spacial score (nSPS) is 10.6. The maximum absolute atomic E-state index is 12.5. The largest absolute Gasteiger partial charge is 0.298 e. The number of nitro benzene ring substituents is 1. The summed E-state index contributed by atoms with van der Waals surface area (Å²) in [7, 11) is 0. The molecule has 2 aromatic carbocycles. The van der Waals surface area contributed by atoms with Crippen molar-refractivity contribution in [2.45, 2.75) is 13.8 Å². The summed E-state index contributed by atoms with van der Waals surface area (Å²) in [6, 6.07) is 12.2. The number of benzene rings is 2. The van der Waals surface area contributed by atoms with Crippen molar-refractivity contribution < 1.29 is 9.72 Å². The summed E-state index contributed by atoms with van der Waals surface area (Å²) in [5.41, 5.74) is 2.26. The Kier molecular flexibility index (Phi) is 5.15. The number of nitrogens with one attached hydrogen (secondary N) is 1. The monoisotopic (exact) mass is 431 g/mol. The molecule has 1 heterocycles. The highest BCUT2D eigenvalue weighted by molar-refractivity contribution is 9.10. The molecule has 0 spiro atoms. The van der Waals surface area contributed by atoms with Crippen molar-refractivity contribution in [1.82, 2.24) is 4.98 Å². The van der Waals surface area contributed by atoms with Gasteiger partial charge in [-0.05, 0) is 32.0 Å². The molecule has 132 valence electrons. The van der Waals surface area contributed by atoms with E-state index in [1.165, 1.54) is 23.5 Å². The molecule has 8 heteroatoms. The van der Waals surface area contributed by atoms with Crippen LogP contribution in [0.25, 0.3) is 11.3 Å². The molecule has 3 rings (SSSR count). The predicted octanol–water partition coefficient (Wildman–Crippen LogP) is 5.35. The third-order valence-electron chi connectivity index (χ3n) is 3.88. The molecule has 0 saturated carbocycles. The van der Waals surface area contributed by atoms with Gasteiger partial charge in [0.25, 0.3) is 11.6 Å². The summed E-state index contributed by atoms with van der Waals surface area (Å²) in [4.78, 5) is 28.6. The van der Waals surface area contributed by atoms with Crippen molar-refractivity contribution in [3.05, 3.63) is 73.1 Å². The third-order valence-corrected chi connectivity index (χ3v) is 5.30. The van der Waals surface area contributed by atoms with Crippen molar-refractivity contribution in [3.8, 4) is 11.3 Å². The summed E-state index contributed by atoms with van der Waals surface area (Å²) in [6.07, 6.45) is 0. The molecule has 0 fully saturated rings. The number of carbonyl (C=O) groups is 1. The third kappa shape index (κ3) is 3.66. The van der Waals surface area contributed by atoms with Crippen LogP contribution in [0.1, 0.15) is 20.8 Å². The van der Waals surface area contributed by atoms with E-state index in [1.807, 2.05) is 31.2 Å². The number of aromatic nitrogens is 1. The van der Waals surface area contributed by atoms with Gasteiger partial charge in [-0.25, -0.2) is 4.98 Å². The van der Waals surface area contributed by atoms with E-state index in [0.29, 0.717) is 10.7 Å². The summed E-state index contributed by atoms with van der Waals surface area (Å²) in [5.74, 6) is -0.415. The highest BCUT2D eigenvalue weighted by atomic mass is 79.9. The van der Waals surface area contributed by atoms with Gasteiger partial charge in [-0.3, -0.25) is 20.2 Å². The number of rotatable bonds is 4. The fourth-order valence-electron chi connectivity index (χ4n) is 2.56. The summed E-state index contributed by atoms with van der Waals surface area (Å²) < 4.78 is 0.976. The van der Waals surface area contributed by atoms with Crippen LogP contribution in [0.5, 0.6) is 0 Å². The Balaban J connectivity index is 1.87. The van der Waals surface area contributed by atoms with Crippen LogP contribution in [0.2, 0.25) is 0 Å². The maximum atomic E-state index is 12.5. The van der Waals surface area contributed by atoms with Crippen molar-refractivity contribution >= 4 is 44.0 Å². The number of nitrogens with zero attached hydrogens (tertiary/aromatic N) is 2. The molecular formula is C18H14BrN3O3S. The number of amides is 1. The zero-order chi connectivity index (χ0) is 18.8. The molecular weight excluding hydrogens is 418 g/mol. The van der Waals surface area contributed by atoms with Crippen molar-refractivity contribution in [2.24, 2.45) is 0 Å². The molecule has 0 aliphatic carbocycles. The SMILES string of the molecule is Cc1sc(NC(=O)c2cccc([N+](=O)[O-])c2C)nc1-c1ccc(Br)cc1. The molecule has 6 nitrogen and oxygen atoms in total. The lowest BCUT2D eigenvalue weighted by molar-refractivity contribution is -0.385. The van der Waals surface area contributed by atoms with Gasteiger partial charge in [-0.1, -0.05) is 34.1 Å². The number of hydrogen-bond donors (Lipinski definition) is 1. The Labute approximate surface area is 162 Å². The van der Waals surface area contributed by atoms with Gasteiger partial charge in [0.05, 0.1) is 10.6 Å². The molecule has 0 atom stereocenters. The van der Waals surface area contributed by atoms with Crippen LogP contribution in [0.4, 0.5) is 10.8 Å². The Morgan fingerprint density at radius 2 is 1.88 bits per heavy atom. The van der Waals surface area contributed by atoms with Gasteiger partial charge in [0.2, 0.25) is 0 Å². The minimum atomic E-state index is -0.495. The highest BCUT2D eigenvalue weighted by Crippen LogP contribution is 2.31. The molecule has 0 radical (unpaired) electrons. The molecule has 3 aromatic rings. The molecule has 0 aliphatic rings. The molecule has 0 unspecified atom stereocenters. The van der Waals surface area contributed by atoms with Crippen molar-refractivity contribution in [3.63, 3.8) is 0 Å². The quantitative estimate of drug-likeness (QED) is 0.445. The van der Waals surface area contributed by atoms with E-state index >= 15 is 0 Å². The first-order chi connectivity index (χ1) is 12.4. The number of nitro groups is 1. The van der Waals surface area contributed by atoms with E-state index in [2.05, 4.69) is 26.2 Å². The second-order valence-corrected chi connectivity index (χ2v) is 7.71. The fraction of sp³-hybridized carbons (Fsp3) is 0.111. The second kappa shape index (κ2) is 7.35. The van der Waals surface area contributed by atoms with E-state index in [-0.39, 0.29) is 11.3 Å². The molecule has 0 aliphatic heterocycles. The van der Waals surface area contributed by atoms with Crippen LogP contribution < -0.4 is 5.32 Å². The lowest BCUT2D eigenvalue weighted by Crippen LogP contribution is -2.14. The van der Waals surface area contributed by atoms with Gasteiger partial charge in [0.1, 0.15) is 0 Å². The zero-order valence-electron chi connectivity index (χ0n) is 13.9. The number of carbonyl (C=O) groups excluding carboxylic acids is 1. The first-order valence-corrected chi connectivity index (χ1v) is 9.26. The van der Waals surface area contributed by atoms with Crippen LogP contribution in [0.15, 0.2) is 46.9 Å². The van der Waals surface area contributed by atoms with Gasteiger partial charge in [0.15, 0.2) is 5.13 Å². The summed E-state index contributed by atoms with van der Waals surface area (Å²) in [5, 5.41) is 14.2. The Morgan fingerprint density at radius 1 is 1.19 bits per heavy atom. The minimum Gasteiger partial charge on any atom is -0.298 e. The first-order valence-electron chi connectivity index (χ1n) is 7.65. The lowest BCUT2D eigenvalue weighted by atomic mass is 10.1. The molecule has 1 aromatic heterocycles. The van der Waals surface area contributed by atoms with Crippen LogP contribution in [-0.2, 0) is 0 Å². The zero-order valence-corrected chi connectivity index (χ0v) is 16.3. The van der Waals surface area contributed by atoms with E-state index in [9.17, 15) is 14.9 Å². The van der Waals surface area contributed by atoms with Gasteiger partial charge in [0, 0.05) is 32.1 Å². The lowest BCUT2D eigenvalue weighted by Gasteiger charge is -2.05. The number of halogens is 1. The number of aryl methyl sites for hydroxylation is 1. The second-order valence-electron chi connectivity index (χ2n) is 5.59. The first kappa shape index (κ1) is 18.2. The van der Waals surface area contributed by atoms with Crippen LogP contribution in [0.3, 0.4) is 0 Å². The Bertz CT molecular complexity index is 999.